The van der Waals surface area contributed by atoms with Gasteiger partial charge in [0.05, 0.1) is 25.4 Å². The van der Waals surface area contributed by atoms with Crippen LogP contribution in [0.5, 0.6) is 0 Å². The zero-order chi connectivity index (χ0) is 19.2. The minimum Gasteiger partial charge on any atom is -0.376 e. The molecule has 6 heteroatoms. The number of hydrogen-bond acceptors (Lipinski definition) is 4. The van der Waals surface area contributed by atoms with Crippen LogP contribution in [-0.4, -0.2) is 36.8 Å². The molecule has 5 nitrogen and oxygen atoms in total. The Labute approximate surface area is 170 Å². The average molecular weight is 401 g/mol. The molecule has 0 spiro atoms. The molecule has 2 saturated heterocycles. The van der Waals surface area contributed by atoms with Crippen LogP contribution in [0.15, 0.2) is 41.1 Å². The van der Waals surface area contributed by atoms with Gasteiger partial charge < -0.3 is 19.7 Å². The van der Waals surface area contributed by atoms with E-state index < -0.39 is 0 Å². The number of nitrogens with one attached hydrogen (secondary N) is 1. The van der Waals surface area contributed by atoms with E-state index in [1.165, 1.54) is 12.0 Å². The molecule has 2 atom stereocenters. The molecule has 0 aliphatic carbocycles. The van der Waals surface area contributed by atoms with Gasteiger partial charge in [-0.3, -0.25) is 0 Å². The van der Waals surface area contributed by atoms with Gasteiger partial charge in [-0.05, 0) is 72.2 Å². The molecule has 2 fully saturated rings. The number of anilines is 1. The molecule has 2 unspecified atom stereocenters. The third kappa shape index (κ3) is 4.93. The molecule has 2 amide bonds. The summed E-state index contributed by atoms with van der Waals surface area (Å²) in [5.41, 5.74) is 3.12. The van der Waals surface area contributed by atoms with Crippen molar-refractivity contribution in [3.63, 3.8) is 0 Å². The number of nitrogens with zero attached hydrogens (tertiary/aromatic N) is 1. The molecule has 2 aromatic rings. The highest BCUT2D eigenvalue weighted by molar-refractivity contribution is 7.08. The van der Waals surface area contributed by atoms with Crippen LogP contribution >= 0.6 is 11.3 Å². The second-order valence-electron chi connectivity index (χ2n) is 7.54. The first-order chi connectivity index (χ1) is 13.8. The first kappa shape index (κ1) is 19.4. The molecule has 28 heavy (non-hydrogen) atoms. The summed E-state index contributed by atoms with van der Waals surface area (Å²) in [4.78, 5) is 14.8. The van der Waals surface area contributed by atoms with E-state index in [2.05, 4.69) is 22.1 Å². The van der Waals surface area contributed by atoms with Gasteiger partial charge in [0.15, 0.2) is 0 Å². The Balaban J connectivity index is 1.30. The molecule has 2 aliphatic heterocycles. The zero-order valence-electron chi connectivity index (χ0n) is 16.1. The van der Waals surface area contributed by atoms with Crippen molar-refractivity contribution in [2.75, 3.05) is 25.1 Å². The van der Waals surface area contributed by atoms with Crippen LogP contribution in [0.2, 0.25) is 0 Å². The fraction of sp³-hybridized carbons (Fsp3) is 0.500. The maximum absolute atomic E-state index is 12.8. The molecule has 1 aromatic carbocycles. The summed E-state index contributed by atoms with van der Waals surface area (Å²) in [6, 6.07) is 10.2. The Morgan fingerprint density at radius 3 is 3.04 bits per heavy atom. The summed E-state index contributed by atoms with van der Waals surface area (Å²) in [5.74, 6) is 0. The number of amides is 2. The first-order valence-corrected chi connectivity index (χ1v) is 11.1. The van der Waals surface area contributed by atoms with Gasteiger partial charge in [-0.2, -0.15) is 11.3 Å². The number of hydrogen-bond donors (Lipinski definition) is 1. The summed E-state index contributed by atoms with van der Waals surface area (Å²) in [5, 5.41) is 7.28. The topological polar surface area (TPSA) is 50.8 Å². The van der Waals surface area contributed by atoms with Crippen molar-refractivity contribution >= 4 is 23.1 Å². The maximum atomic E-state index is 12.8. The molecule has 0 saturated carbocycles. The monoisotopic (exact) mass is 400 g/mol. The predicted molar refractivity (Wildman–Crippen MR) is 112 cm³/mol. The van der Waals surface area contributed by atoms with Crippen molar-refractivity contribution in [3.8, 4) is 0 Å². The van der Waals surface area contributed by atoms with E-state index in [0.717, 1.165) is 50.1 Å². The fourth-order valence-corrected chi connectivity index (χ4v) is 4.71. The SMILES string of the molecule is O=C(Nc1cccc(COCC2CCCCO2)c1)N1CCCC1c1ccsc1. The third-order valence-corrected chi connectivity index (χ3v) is 6.17. The lowest BCUT2D eigenvalue weighted by molar-refractivity contribution is -0.0447. The van der Waals surface area contributed by atoms with Crippen molar-refractivity contribution in [3.05, 3.63) is 52.2 Å². The van der Waals surface area contributed by atoms with Crippen LogP contribution in [0.25, 0.3) is 0 Å². The molecule has 0 radical (unpaired) electrons. The first-order valence-electron chi connectivity index (χ1n) is 10.2. The highest BCUT2D eigenvalue weighted by Gasteiger charge is 2.30. The highest BCUT2D eigenvalue weighted by Crippen LogP contribution is 2.33. The van der Waals surface area contributed by atoms with Gasteiger partial charge in [0.2, 0.25) is 0 Å². The van der Waals surface area contributed by atoms with Gasteiger partial charge >= 0.3 is 6.03 Å². The van der Waals surface area contributed by atoms with E-state index >= 15 is 0 Å². The van der Waals surface area contributed by atoms with Gasteiger partial charge in [0.1, 0.15) is 0 Å². The Morgan fingerprint density at radius 1 is 1.25 bits per heavy atom. The van der Waals surface area contributed by atoms with E-state index in [1.807, 2.05) is 29.2 Å². The van der Waals surface area contributed by atoms with Crippen LogP contribution in [0.4, 0.5) is 10.5 Å². The van der Waals surface area contributed by atoms with Gasteiger partial charge in [-0.15, -0.1) is 0 Å². The summed E-state index contributed by atoms with van der Waals surface area (Å²) < 4.78 is 11.5. The number of urea groups is 1. The predicted octanol–water partition coefficient (Wildman–Crippen LogP) is 5.20. The summed E-state index contributed by atoms with van der Waals surface area (Å²) in [6.07, 6.45) is 5.76. The highest BCUT2D eigenvalue weighted by atomic mass is 32.1. The van der Waals surface area contributed by atoms with Crippen molar-refractivity contribution < 1.29 is 14.3 Å². The molecule has 1 N–H and O–H groups in total. The van der Waals surface area contributed by atoms with Crippen LogP contribution < -0.4 is 5.32 Å². The average Bonchev–Trinajstić information content (AvgIpc) is 3.41. The maximum Gasteiger partial charge on any atom is 0.322 e. The molecular formula is C22H28N2O3S. The van der Waals surface area contributed by atoms with E-state index in [1.54, 1.807) is 11.3 Å². The number of benzene rings is 1. The molecule has 0 bridgehead atoms. The number of rotatable bonds is 6. The number of thiophene rings is 1. The molecular weight excluding hydrogens is 372 g/mol. The summed E-state index contributed by atoms with van der Waals surface area (Å²) in [6.45, 7) is 2.81. The normalized spacial score (nSPS) is 22.4. The Hall–Kier alpha value is -1.89. The van der Waals surface area contributed by atoms with Gasteiger partial charge in [-0.25, -0.2) is 4.79 Å². The van der Waals surface area contributed by atoms with Gasteiger partial charge in [-0.1, -0.05) is 12.1 Å². The quantitative estimate of drug-likeness (QED) is 0.725. The standard InChI is InChI=1S/C22H28N2O3S/c25-22(24-10-4-8-21(24)18-9-12-28-16-18)23-19-6-3-5-17(13-19)14-26-15-20-7-1-2-11-27-20/h3,5-6,9,12-13,16,20-21H,1-2,4,7-8,10-11,14-15H2,(H,23,25). The zero-order valence-corrected chi connectivity index (χ0v) is 17.0. The number of carbonyl (C=O) groups excluding carboxylic acids is 1. The smallest absolute Gasteiger partial charge is 0.322 e. The minimum absolute atomic E-state index is 0.0256. The van der Waals surface area contributed by atoms with E-state index in [9.17, 15) is 4.79 Å². The lowest BCUT2D eigenvalue weighted by Crippen LogP contribution is -2.34. The Morgan fingerprint density at radius 2 is 2.21 bits per heavy atom. The molecule has 4 rings (SSSR count). The van der Waals surface area contributed by atoms with Crippen LogP contribution in [-0.2, 0) is 16.1 Å². The third-order valence-electron chi connectivity index (χ3n) is 5.47. The van der Waals surface area contributed by atoms with Crippen molar-refractivity contribution in [1.29, 1.82) is 0 Å². The molecule has 1 aromatic heterocycles. The van der Waals surface area contributed by atoms with E-state index in [4.69, 9.17) is 9.47 Å². The van der Waals surface area contributed by atoms with Crippen LogP contribution in [0.1, 0.15) is 49.3 Å². The van der Waals surface area contributed by atoms with Crippen LogP contribution in [0, 0.1) is 0 Å². The second kappa shape index (κ2) is 9.54. The fourth-order valence-electron chi connectivity index (χ4n) is 4.00. The lowest BCUT2D eigenvalue weighted by atomic mass is 10.1. The van der Waals surface area contributed by atoms with E-state index in [-0.39, 0.29) is 18.2 Å². The van der Waals surface area contributed by atoms with Gasteiger partial charge in [0.25, 0.3) is 0 Å². The van der Waals surface area contributed by atoms with E-state index in [0.29, 0.717) is 13.2 Å². The Bertz CT molecular complexity index is 759. The second-order valence-corrected chi connectivity index (χ2v) is 8.32. The van der Waals surface area contributed by atoms with Gasteiger partial charge in [0, 0.05) is 18.8 Å². The van der Waals surface area contributed by atoms with Crippen LogP contribution in [0.3, 0.4) is 0 Å². The number of ether oxygens (including phenoxy) is 2. The largest absolute Gasteiger partial charge is 0.376 e. The molecule has 2 aliphatic rings. The lowest BCUT2D eigenvalue weighted by Gasteiger charge is -2.24. The Kier molecular flexibility index (Phi) is 6.62. The molecule has 150 valence electrons. The summed E-state index contributed by atoms with van der Waals surface area (Å²) in [7, 11) is 0. The summed E-state index contributed by atoms with van der Waals surface area (Å²) >= 11 is 1.68. The minimum atomic E-state index is -0.0256. The number of carbonyl (C=O) groups is 1. The molecule has 3 heterocycles. The van der Waals surface area contributed by atoms with Crippen molar-refractivity contribution in [1.82, 2.24) is 4.90 Å². The van der Waals surface area contributed by atoms with Crippen molar-refractivity contribution in [2.45, 2.75) is 50.9 Å². The number of likely N-dealkylation sites (tertiary alicyclic amines) is 1. The van der Waals surface area contributed by atoms with Crippen molar-refractivity contribution in [2.24, 2.45) is 0 Å².